The Balaban J connectivity index is 1.93. The second kappa shape index (κ2) is 5.71. The highest BCUT2D eigenvalue weighted by molar-refractivity contribution is 4.88. The Hall–Kier alpha value is -0.0800. The van der Waals surface area contributed by atoms with E-state index in [1.165, 1.54) is 32.2 Å². The minimum absolute atomic E-state index is 0.0631. The maximum Gasteiger partial charge on any atom is 0.0585 e. The third kappa shape index (κ3) is 3.03. The molecule has 0 aromatic carbocycles. The summed E-state index contributed by atoms with van der Waals surface area (Å²) in [5, 5.41) is 10.3. The van der Waals surface area contributed by atoms with E-state index in [0.717, 1.165) is 19.0 Å². The van der Waals surface area contributed by atoms with Crippen LogP contribution in [-0.2, 0) is 0 Å². The van der Waals surface area contributed by atoms with Crippen LogP contribution in [0.4, 0.5) is 0 Å². The van der Waals surface area contributed by atoms with Crippen LogP contribution in [-0.4, -0.2) is 35.2 Å². The molecule has 1 N–H and O–H groups in total. The smallest absolute Gasteiger partial charge is 0.0585 e. The Morgan fingerprint density at radius 2 is 2.00 bits per heavy atom. The Kier molecular flexibility index (Phi) is 4.48. The van der Waals surface area contributed by atoms with Gasteiger partial charge in [-0.25, -0.2) is 0 Å². The number of nitrogens with zero attached hydrogens (tertiary/aromatic N) is 1. The lowest BCUT2D eigenvalue weighted by atomic mass is 9.73. The zero-order valence-electron chi connectivity index (χ0n) is 11.7. The van der Waals surface area contributed by atoms with Crippen molar-refractivity contribution in [3.05, 3.63) is 0 Å². The van der Waals surface area contributed by atoms with Crippen LogP contribution in [0.1, 0.15) is 52.9 Å². The van der Waals surface area contributed by atoms with Gasteiger partial charge in [-0.05, 0) is 50.5 Å². The van der Waals surface area contributed by atoms with Gasteiger partial charge in [-0.3, -0.25) is 0 Å². The summed E-state index contributed by atoms with van der Waals surface area (Å²) in [6.45, 7) is 9.30. The van der Waals surface area contributed by atoms with Gasteiger partial charge in [-0.1, -0.05) is 20.8 Å². The molecule has 100 valence electrons. The molecule has 5 atom stereocenters. The summed E-state index contributed by atoms with van der Waals surface area (Å²) >= 11 is 0. The first kappa shape index (κ1) is 13.4. The van der Waals surface area contributed by atoms with Crippen LogP contribution in [0.2, 0.25) is 0 Å². The first-order valence-corrected chi connectivity index (χ1v) is 7.54. The molecule has 2 heteroatoms. The summed E-state index contributed by atoms with van der Waals surface area (Å²) in [5.74, 6) is 1.90. The molecule has 2 aliphatic rings. The maximum absolute atomic E-state index is 10.3. The predicted octanol–water partition coefficient (Wildman–Crippen LogP) is 2.90. The molecular formula is C15H29NO. The van der Waals surface area contributed by atoms with Gasteiger partial charge >= 0.3 is 0 Å². The van der Waals surface area contributed by atoms with Gasteiger partial charge in [-0.2, -0.15) is 0 Å². The van der Waals surface area contributed by atoms with Crippen LogP contribution < -0.4 is 0 Å². The van der Waals surface area contributed by atoms with Crippen molar-refractivity contribution in [2.24, 2.45) is 17.8 Å². The fraction of sp³-hybridized carbons (Fsp3) is 1.00. The lowest BCUT2D eigenvalue weighted by Crippen LogP contribution is -2.44. The first-order chi connectivity index (χ1) is 8.11. The molecule has 0 spiro atoms. The van der Waals surface area contributed by atoms with E-state index >= 15 is 0 Å². The number of hydrogen-bond donors (Lipinski definition) is 1. The molecule has 17 heavy (non-hydrogen) atoms. The fourth-order valence-corrected chi connectivity index (χ4v) is 4.04. The molecule has 0 radical (unpaired) electrons. The van der Waals surface area contributed by atoms with E-state index in [-0.39, 0.29) is 6.10 Å². The highest BCUT2D eigenvalue weighted by Gasteiger charge is 2.35. The van der Waals surface area contributed by atoms with Crippen molar-refractivity contribution < 1.29 is 5.11 Å². The van der Waals surface area contributed by atoms with Gasteiger partial charge in [0.1, 0.15) is 0 Å². The fourth-order valence-electron chi connectivity index (χ4n) is 4.04. The molecule has 1 saturated carbocycles. The van der Waals surface area contributed by atoms with Crippen molar-refractivity contribution in [3.8, 4) is 0 Å². The van der Waals surface area contributed by atoms with E-state index in [4.69, 9.17) is 0 Å². The predicted molar refractivity (Wildman–Crippen MR) is 71.9 cm³/mol. The highest BCUT2D eigenvalue weighted by atomic mass is 16.3. The highest BCUT2D eigenvalue weighted by Crippen LogP contribution is 2.35. The quantitative estimate of drug-likeness (QED) is 0.818. The molecule has 0 aromatic heterocycles. The van der Waals surface area contributed by atoms with Crippen LogP contribution in [0.5, 0.6) is 0 Å². The molecular weight excluding hydrogens is 210 g/mol. The summed E-state index contributed by atoms with van der Waals surface area (Å²) in [6, 6.07) is 0.786. The second-order valence-corrected chi connectivity index (χ2v) is 6.48. The number of hydrogen-bond acceptors (Lipinski definition) is 2. The Labute approximate surface area is 106 Å². The molecule has 5 unspecified atom stereocenters. The Morgan fingerprint density at radius 1 is 1.24 bits per heavy atom. The average molecular weight is 239 g/mol. The molecule has 1 heterocycles. The topological polar surface area (TPSA) is 23.5 Å². The van der Waals surface area contributed by atoms with E-state index in [0.29, 0.717) is 17.8 Å². The molecule has 0 amide bonds. The van der Waals surface area contributed by atoms with Gasteiger partial charge in [0.25, 0.3) is 0 Å². The maximum atomic E-state index is 10.3. The SMILES string of the molecule is CCC1CCCN1CC1C(C)CC(C)CC1O. The van der Waals surface area contributed by atoms with Gasteiger partial charge in [0, 0.05) is 18.5 Å². The third-order valence-corrected chi connectivity index (χ3v) is 5.06. The zero-order valence-corrected chi connectivity index (χ0v) is 11.7. The third-order valence-electron chi connectivity index (χ3n) is 5.06. The Bertz CT molecular complexity index is 231. The molecule has 0 bridgehead atoms. The first-order valence-electron chi connectivity index (χ1n) is 7.54. The largest absolute Gasteiger partial charge is 0.393 e. The molecule has 2 nitrogen and oxygen atoms in total. The van der Waals surface area contributed by atoms with E-state index in [9.17, 15) is 5.11 Å². The molecule has 2 fully saturated rings. The lowest BCUT2D eigenvalue weighted by Gasteiger charge is -2.40. The van der Waals surface area contributed by atoms with Crippen molar-refractivity contribution in [2.75, 3.05) is 13.1 Å². The molecule has 1 aliphatic heterocycles. The average Bonchev–Trinajstić information content (AvgIpc) is 2.70. The number of aliphatic hydroxyl groups is 1. The lowest BCUT2D eigenvalue weighted by molar-refractivity contribution is -0.00410. The summed E-state index contributed by atoms with van der Waals surface area (Å²) in [6.07, 6.45) is 6.24. The molecule has 1 aliphatic carbocycles. The van der Waals surface area contributed by atoms with Gasteiger partial charge < -0.3 is 10.0 Å². The molecule has 2 rings (SSSR count). The number of aliphatic hydroxyl groups excluding tert-OH is 1. The minimum Gasteiger partial charge on any atom is -0.393 e. The number of likely N-dealkylation sites (tertiary alicyclic amines) is 1. The summed E-state index contributed by atoms with van der Waals surface area (Å²) in [4.78, 5) is 2.64. The van der Waals surface area contributed by atoms with Crippen LogP contribution >= 0.6 is 0 Å². The monoisotopic (exact) mass is 239 g/mol. The molecule has 1 saturated heterocycles. The minimum atomic E-state index is -0.0631. The van der Waals surface area contributed by atoms with Crippen molar-refractivity contribution in [2.45, 2.75) is 65.0 Å². The standard InChI is InChI=1S/C15H29NO/c1-4-13-6-5-7-16(13)10-14-12(3)8-11(2)9-15(14)17/h11-15,17H,4-10H2,1-3H3. The van der Waals surface area contributed by atoms with Crippen LogP contribution in [0, 0.1) is 17.8 Å². The summed E-state index contributed by atoms with van der Waals surface area (Å²) in [5.41, 5.74) is 0. The summed E-state index contributed by atoms with van der Waals surface area (Å²) < 4.78 is 0. The van der Waals surface area contributed by atoms with Gasteiger partial charge in [-0.15, -0.1) is 0 Å². The normalized spacial score (nSPS) is 44.1. The Morgan fingerprint density at radius 3 is 2.65 bits per heavy atom. The van der Waals surface area contributed by atoms with Crippen LogP contribution in [0.25, 0.3) is 0 Å². The van der Waals surface area contributed by atoms with Crippen molar-refractivity contribution in [1.82, 2.24) is 4.90 Å². The van der Waals surface area contributed by atoms with E-state index in [1.54, 1.807) is 0 Å². The van der Waals surface area contributed by atoms with Crippen LogP contribution in [0.3, 0.4) is 0 Å². The second-order valence-electron chi connectivity index (χ2n) is 6.48. The van der Waals surface area contributed by atoms with E-state index < -0.39 is 0 Å². The van der Waals surface area contributed by atoms with E-state index in [2.05, 4.69) is 25.7 Å². The zero-order chi connectivity index (χ0) is 12.4. The van der Waals surface area contributed by atoms with Crippen LogP contribution in [0.15, 0.2) is 0 Å². The van der Waals surface area contributed by atoms with Crippen molar-refractivity contribution >= 4 is 0 Å². The number of rotatable bonds is 3. The molecule has 0 aromatic rings. The summed E-state index contributed by atoms with van der Waals surface area (Å²) in [7, 11) is 0. The van der Waals surface area contributed by atoms with Gasteiger partial charge in [0.05, 0.1) is 6.10 Å². The van der Waals surface area contributed by atoms with Gasteiger partial charge in [0.2, 0.25) is 0 Å². The van der Waals surface area contributed by atoms with Gasteiger partial charge in [0.15, 0.2) is 0 Å². The van der Waals surface area contributed by atoms with E-state index in [1.807, 2.05) is 0 Å². The van der Waals surface area contributed by atoms with Crippen molar-refractivity contribution in [1.29, 1.82) is 0 Å². The van der Waals surface area contributed by atoms with Crippen molar-refractivity contribution in [3.63, 3.8) is 0 Å².